The number of hydrogen-bond donors (Lipinski definition) is 2. The van der Waals surface area contributed by atoms with Crippen LogP contribution in [0.15, 0.2) is 53.4 Å². The van der Waals surface area contributed by atoms with Crippen molar-refractivity contribution in [1.82, 2.24) is 4.72 Å². The highest BCUT2D eigenvalue weighted by molar-refractivity contribution is 7.89. The van der Waals surface area contributed by atoms with Crippen LogP contribution in [0.5, 0.6) is 5.75 Å². The second-order valence-corrected chi connectivity index (χ2v) is 9.14. The third-order valence-electron chi connectivity index (χ3n) is 5.67. The maximum Gasteiger partial charge on any atom is 0.240 e. The molecular weight excluding hydrogens is 378 g/mol. The van der Waals surface area contributed by atoms with Crippen molar-refractivity contribution in [3.63, 3.8) is 0 Å². The molecule has 4 rings (SSSR count). The van der Waals surface area contributed by atoms with Crippen LogP contribution in [0.2, 0.25) is 0 Å². The average Bonchev–Trinajstić information content (AvgIpc) is 3.21. The Morgan fingerprint density at radius 3 is 2.57 bits per heavy atom. The van der Waals surface area contributed by atoms with Gasteiger partial charge in [0.25, 0.3) is 0 Å². The second-order valence-electron chi connectivity index (χ2n) is 7.37. The van der Waals surface area contributed by atoms with Crippen molar-refractivity contribution >= 4 is 10.0 Å². The second kappa shape index (κ2) is 7.83. The average molecular weight is 404 g/mol. The highest BCUT2D eigenvalue weighted by Crippen LogP contribution is 2.36. The molecule has 2 aromatic rings. The molecule has 1 atom stereocenters. The normalized spacial score (nSPS) is 19.6. The van der Waals surface area contributed by atoms with Crippen LogP contribution in [0.4, 0.5) is 0 Å². The first kappa shape index (κ1) is 19.4. The van der Waals surface area contributed by atoms with E-state index in [1.54, 1.807) is 18.2 Å². The molecule has 2 N–H and O–H groups in total. The van der Waals surface area contributed by atoms with Crippen LogP contribution in [-0.2, 0) is 26.8 Å². The summed E-state index contributed by atoms with van der Waals surface area (Å²) in [5.41, 5.74) is 0.315. The van der Waals surface area contributed by atoms with Crippen LogP contribution in [0.1, 0.15) is 24.0 Å². The molecule has 2 aromatic carbocycles. The molecule has 0 amide bonds. The summed E-state index contributed by atoms with van der Waals surface area (Å²) >= 11 is 0. The molecule has 1 saturated heterocycles. The Labute approximate surface area is 165 Å². The van der Waals surface area contributed by atoms with Gasteiger partial charge in [0.15, 0.2) is 0 Å². The van der Waals surface area contributed by atoms with Crippen LogP contribution in [0.25, 0.3) is 0 Å². The molecular formula is C21H25NO5S. The molecule has 1 fully saturated rings. The highest BCUT2D eigenvalue weighted by Gasteiger charge is 2.40. The van der Waals surface area contributed by atoms with Crippen LogP contribution in [-0.4, -0.2) is 39.9 Å². The van der Waals surface area contributed by atoms with Gasteiger partial charge in [0.05, 0.1) is 11.5 Å². The van der Waals surface area contributed by atoms with Crippen molar-refractivity contribution in [3.8, 4) is 5.75 Å². The molecule has 0 bridgehead atoms. The van der Waals surface area contributed by atoms with Gasteiger partial charge in [-0.2, -0.15) is 0 Å². The molecule has 0 aliphatic carbocycles. The molecule has 6 nitrogen and oxygen atoms in total. The standard InChI is InChI=1S/C21H25NO5S/c23-21(17-4-2-1-3-5-17,18-9-11-26-12-10-18)15-22-28(24,25)19-6-7-20-16(14-19)8-13-27-20/h1-7,14,18,22-23H,8-13,15H2/t21-/m0/s1. The van der Waals surface area contributed by atoms with Gasteiger partial charge in [-0.3, -0.25) is 0 Å². The van der Waals surface area contributed by atoms with Gasteiger partial charge in [0, 0.05) is 26.2 Å². The van der Waals surface area contributed by atoms with Crippen molar-refractivity contribution < 1.29 is 23.0 Å². The Bertz CT molecular complexity index is 925. The largest absolute Gasteiger partial charge is 0.493 e. The lowest BCUT2D eigenvalue weighted by atomic mass is 9.77. The fourth-order valence-electron chi connectivity index (χ4n) is 4.00. The summed E-state index contributed by atoms with van der Waals surface area (Å²) in [7, 11) is -3.76. The van der Waals surface area contributed by atoms with Crippen molar-refractivity contribution in [2.75, 3.05) is 26.4 Å². The first-order valence-corrected chi connectivity index (χ1v) is 11.1. The van der Waals surface area contributed by atoms with Crippen molar-refractivity contribution in [1.29, 1.82) is 0 Å². The van der Waals surface area contributed by atoms with Crippen molar-refractivity contribution in [3.05, 3.63) is 59.7 Å². The molecule has 0 aromatic heterocycles. The van der Waals surface area contributed by atoms with Crippen molar-refractivity contribution in [2.45, 2.75) is 29.8 Å². The summed E-state index contributed by atoms with van der Waals surface area (Å²) in [5, 5.41) is 11.6. The van der Waals surface area contributed by atoms with E-state index in [4.69, 9.17) is 9.47 Å². The molecule has 0 spiro atoms. The zero-order chi connectivity index (χ0) is 19.6. The van der Waals surface area contributed by atoms with E-state index >= 15 is 0 Å². The van der Waals surface area contributed by atoms with Gasteiger partial charge in [0.1, 0.15) is 11.4 Å². The van der Waals surface area contributed by atoms with Crippen molar-refractivity contribution in [2.24, 2.45) is 5.92 Å². The Morgan fingerprint density at radius 2 is 1.82 bits per heavy atom. The third-order valence-corrected chi connectivity index (χ3v) is 7.07. The molecule has 2 aliphatic heterocycles. The Kier molecular flexibility index (Phi) is 5.42. The molecule has 150 valence electrons. The van der Waals surface area contributed by atoms with Gasteiger partial charge >= 0.3 is 0 Å². The fraction of sp³-hybridized carbons (Fsp3) is 0.429. The van der Waals surface area contributed by atoms with Gasteiger partial charge < -0.3 is 14.6 Å². The summed E-state index contributed by atoms with van der Waals surface area (Å²) in [5.74, 6) is 0.654. The Hall–Kier alpha value is -1.93. The predicted molar refractivity (Wildman–Crippen MR) is 105 cm³/mol. The molecule has 2 heterocycles. The SMILES string of the molecule is O=S(=O)(NC[C@](O)(c1ccccc1)C1CCOCC1)c1ccc2c(c1)CCO2. The van der Waals surface area contributed by atoms with Gasteiger partial charge in [-0.1, -0.05) is 30.3 Å². The minimum atomic E-state index is -3.76. The van der Waals surface area contributed by atoms with Crippen LogP contribution < -0.4 is 9.46 Å². The van der Waals surface area contributed by atoms with E-state index in [0.29, 0.717) is 44.6 Å². The fourth-order valence-corrected chi connectivity index (χ4v) is 5.12. The summed E-state index contributed by atoms with van der Waals surface area (Å²) in [4.78, 5) is 0.194. The number of benzene rings is 2. The lowest BCUT2D eigenvalue weighted by Gasteiger charge is -2.39. The molecule has 7 heteroatoms. The zero-order valence-corrected chi connectivity index (χ0v) is 16.5. The number of ether oxygens (including phenoxy) is 2. The monoisotopic (exact) mass is 403 g/mol. The molecule has 0 unspecified atom stereocenters. The van der Waals surface area contributed by atoms with Gasteiger partial charge in [0.2, 0.25) is 10.0 Å². The Morgan fingerprint density at radius 1 is 1.07 bits per heavy atom. The van der Waals surface area contributed by atoms with E-state index in [1.165, 1.54) is 0 Å². The maximum absolute atomic E-state index is 12.9. The summed E-state index contributed by atoms with van der Waals surface area (Å²) in [6, 6.07) is 14.2. The van der Waals surface area contributed by atoms with E-state index in [2.05, 4.69) is 4.72 Å². The summed E-state index contributed by atoms with van der Waals surface area (Å²) < 4.78 is 39.3. The zero-order valence-electron chi connectivity index (χ0n) is 15.6. The number of hydrogen-bond acceptors (Lipinski definition) is 5. The molecule has 0 saturated carbocycles. The third kappa shape index (κ3) is 3.80. The first-order valence-electron chi connectivity index (χ1n) is 9.60. The van der Waals surface area contributed by atoms with Gasteiger partial charge in [-0.25, -0.2) is 13.1 Å². The maximum atomic E-state index is 12.9. The molecule has 2 aliphatic rings. The first-order chi connectivity index (χ1) is 13.5. The minimum absolute atomic E-state index is 0.0835. The van der Waals surface area contributed by atoms with Crippen LogP contribution in [0, 0.1) is 5.92 Å². The number of aliphatic hydroxyl groups is 1. The van der Waals surface area contributed by atoms with Crippen LogP contribution in [0.3, 0.4) is 0 Å². The predicted octanol–water partition coefficient (Wildman–Crippen LogP) is 2.21. The topological polar surface area (TPSA) is 84.9 Å². The number of sulfonamides is 1. The number of fused-ring (bicyclic) bond motifs is 1. The Balaban J connectivity index is 1.58. The molecule has 0 radical (unpaired) electrons. The van der Waals surface area contributed by atoms with E-state index in [0.717, 1.165) is 11.3 Å². The highest BCUT2D eigenvalue weighted by atomic mass is 32.2. The quantitative estimate of drug-likeness (QED) is 0.773. The summed E-state index contributed by atoms with van der Waals surface area (Å²) in [6.07, 6.45) is 2.07. The summed E-state index contributed by atoms with van der Waals surface area (Å²) in [6.45, 7) is 1.62. The smallest absolute Gasteiger partial charge is 0.240 e. The molecule has 28 heavy (non-hydrogen) atoms. The lowest BCUT2D eigenvalue weighted by Crippen LogP contribution is -2.47. The van der Waals surface area contributed by atoms with E-state index < -0.39 is 15.6 Å². The van der Waals surface area contributed by atoms with Crippen LogP contribution >= 0.6 is 0 Å². The number of nitrogens with one attached hydrogen (secondary N) is 1. The lowest BCUT2D eigenvalue weighted by molar-refractivity contribution is -0.0663. The minimum Gasteiger partial charge on any atom is -0.493 e. The van der Waals surface area contributed by atoms with Gasteiger partial charge in [-0.05, 0) is 48.1 Å². The van der Waals surface area contributed by atoms with Gasteiger partial charge in [-0.15, -0.1) is 0 Å². The number of rotatable bonds is 6. The van der Waals surface area contributed by atoms with E-state index in [9.17, 15) is 13.5 Å². The van der Waals surface area contributed by atoms with E-state index in [-0.39, 0.29) is 17.4 Å². The van der Waals surface area contributed by atoms with E-state index in [1.807, 2.05) is 30.3 Å².